The Hall–Kier alpha value is -1.59. The minimum atomic E-state index is -0.266. The monoisotopic (exact) mass is 183 g/mol. The van der Waals surface area contributed by atoms with E-state index in [1.165, 1.54) is 0 Å². The van der Waals surface area contributed by atoms with Crippen molar-refractivity contribution >= 4 is 11.9 Å². The second-order valence-corrected chi connectivity index (χ2v) is 2.65. The lowest BCUT2D eigenvalue weighted by molar-refractivity contribution is 0.0943. The van der Waals surface area contributed by atoms with Gasteiger partial charge in [0.25, 0.3) is 5.91 Å². The zero-order valence-corrected chi connectivity index (χ0v) is 7.50. The van der Waals surface area contributed by atoms with Crippen molar-refractivity contribution < 1.29 is 4.79 Å². The van der Waals surface area contributed by atoms with Gasteiger partial charge in [0, 0.05) is 6.54 Å². The van der Waals surface area contributed by atoms with Crippen molar-refractivity contribution in [2.75, 3.05) is 12.3 Å². The van der Waals surface area contributed by atoms with Gasteiger partial charge in [0.2, 0.25) is 11.8 Å². The van der Waals surface area contributed by atoms with Crippen LogP contribution >= 0.6 is 0 Å². The van der Waals surface area contributed by atoms with E-state index in [-0.39, 0.29) is 17.7 Å². The molecule has 72 valence electrons. The van der Waals surface area contributed by atoms with Crippen LogP contribution in [0, 0.1) is 0 Å². The summed E-state index contributed by atoms with van der Waals surface area (Å²) < 4.78 is 0. The fourth-order valence-electron chi connectivity index (χ4n) is 0.839. The second kappa shape index (κ2) is 4.44. The Morgan fingerprint density at radius 2 is 2.46 bits per heavy atom. The molecule has 0 atom stereocenters. The highest BCUT2D eigenvalue weighted by molar-refractivity contribution is 5.90. The number of nitrogens with two attached hydrogens (primary N) is 1. The molecule has 6 heteroatoms. The molecule has 0 aliphatic heterocycles. The highest BCUT2D eigenvalue weighted by atomic mass is 16.2. The summed E-state index contributed by atoms with van der Waals surface area (Å²) in [4.78, 5) is 14.9. The molecule has 0 radical (unpaired) electrons. The van der Waals surface area contributed by atoms with Crippen LogP contribution < -0.4 is 11.1 Å². The second-order valence-electron chi connectivity index (χ2n) is 2.65. The van der Waals surface area contributed by atoms with Gasteiger partial charge in [-0.05, 0) is 6.42 Å². The smallest absolute Gasteiger partial charge is 0.288 e. The number of carbonyl (C=O) groups excluding carboxylic acids is 1. The predicted octanol–water partition coefficient (Wildman–Crippen LogP) is -0.0832. The molecule has 1 heterocycles. The molecule has 1 amide bonds. The average Bonchev–Trinajstić information content (AvgIpc) is 2.52. The minimum absolute atomic E-state index is 0.0839. The summed E-state index contributed by atoms with van der Waals surface area (Å²) in [5.41, 5.74) is 5.24. The Morgan fingerprint density at radius 1 is 1.69 bits per heavy atom. The fourth-order valence-corrected chi connectivity index (χ4v) is 0.839. The summed E-state index contributed by atoms with van der Waals surface area (Å²) >= 11 is 0. The lowest BCUT2D eigenvalue weighted by atomic mass is 10.3. The van der Waals surface area contributed by atoms with Crippen molar-refractivity contribution in [3.8, 4) is 0 Å². The van der Waals surface area contributed by atoms with Crippen LogP contribution in [0.3, 0.4) is 0 Å². The molecule has 0 fully saturated rings. The molecule has 0 bridgehead atoms. The van der Waals surface area contributed by atoms with Gasteiger partial charge in [-0.25, -0.2) is 0 Å². The summed E-state index contributed by atoms with van der Waals surface area (Å²) in [7, 11) is 0. The lowest BCUT2D eigenvalue weighted by Gasteiger charge is -1.99. The van der Waals surface area contributed by atoms with Crippen molar-refractivity contribution in [3.63, 3.8) is 0 Å². The number of nitrogens with zero attached hydrogens (tertiary/aromatic N) is 2. The maximum absolute atomic E-state index is 11.2. The van der Waals surface area contributed by atoms with Gasteiger partial charge in [-0.2, -0.15) is 4.98 Å². The Kier molecular flexibility index (Phi) is 3.24. The van der Waals surface area contributed by atoms with Gasteiger partial charge in [-0.3, -0.25) is 9.89 Å². The average molecular weight is 183 g/mol. The van der Waals surface area contributed by atoms with E-state index in [0.29, 0.717) is 6.54 Å². The lowest BCUT2D eigenvalue weighted by Crippen LogP contribution is -2.25. The van der Waals surface area contributed by atoms with Crippen LogP contribution in [0.5, 0.6) is 0 Å². The van der Waals surface area contributed by atoms with Gasteiger partial charge in [-0.1, -0.05) is 13.3 Å². The molecule has 1 aromatic heterocycles. The number of hydrogen-bond acceptors (Lipinski definition) is 4. The summed E-state index contributed by atoms with van der Waals surface area (Å²) in [5, 5.41) is 8.67. The zero-order valence-electron chi connectivity index (χ0n) is 7.50. The zero-order chi connectivity index (χ0) is 9.68. The van der Waals surface area contributed by atoms with Crippen LogP contribution in [0.4, 0.5) is 5.95 Å². The van der Waals surface area contributed by atoms with Crippen LogP contribution in [0.2, 0.25) is 0 Å². The molecular formula is C7H13N5O. The third-order valence-corrected chi connectivity index (χ3v) is 1.53. The first kappa shape index (κ1) is 9.50. The van der Waals surface area contributed by atoms with E-state index in [9.17, 15) is 4.79 Å². The number of nitrogens with one attached hydrogen (secondary N) is 2. The quantitative estimate of drug-likeness (QED) is 0.568. The minimum Gasteiger partial charge on any atom is -0.366 e. The standard InChI is InChI=1S/C7H13N5O/c1-2-3-4-9-6(13)5-10-7(8)12-11-5/h2-4H2,1H3,(H,9,13)(H3,8,10,11,12). The normalized spacial score (nSPS) is 9.92. The van der Waals surface area contributed by atoms with Crippen LogP contribution in [0.15, 0.2) is 0 Å². The van der Waals surface area contributed by atoms with Gasteiger partial charge in [0.05, 0.1) is 0 Å². The number of amides is 1. The first-order chi connectivity index (χ1) is 6.24. The van der Waals surface area contributed by atoms with E-state index in [1.54, 1.807) is 0 Å². The Balaban J connectivity index is 2.40. The van der Waals surface area contributed by atoms with Crippen molar-refractivity contribution in [2.24, 2.45) is 0 Å². The predicted molar refractivity (Wildman–Crippen MR) is 48.0 cm³/mol. The molecule has 0 unspecified atom stereocenters. The Morgan fingerprint density at radius 3 is 3.00 bits per heavy atom. The Bertz CT molecular complexity index is 282. The van der Waals surface area contributed by atoms with E-state index < -0.39 is 0 Å². The highest BCUT2D eigenvalue weighted by Gasteiger charge is 2.08. The Labute approximate surface area is 75.9 Å². The topological polar surface area (TPSA) is 96.7 Å². The SMILES string of the molecule is CCCCNC(=O)c1nc(N)n[nH]1. The van der Waals surface area contributed by atoms with Crippen molar-refractivity contribution in [1.82, 2.24) is 20.5 Å². The number of H-pyrrole nitrogens is 1. The molecular weight excluding hydrogens is 170 g/mol. The molecule has 6 nitrogen and oxygen atoms in total. The van der Waals surface area contributed by atoms with Gasteiger partial charge < -0.3 is 11.1 Å². The summed E-state index contributed by atoms with van der Waals surface area (Å²) in [5.74, 6) is -0.0214. The number of anilines is 1. The van der Waals surface area contributed by atoms with E-state index in [2.05, 4.69) is 27.4 Å². The van der Waals surface area contributed by atoms with Gasteiger partial charge >= 0.3 is 0 Å². The number of aromatic amines is 1. The van der Waals surface area contributed by atoms with Crippen LogP contribution in [0.25, 0.3) is 0 Å². The summed E-state index contributed by atoms with van der Waals surface area (Å²) in [6.45, 7) is 2.70. The molecule has 0 aliphatic carbocycles. The summed E-state index contributed by atoms with van der Waals surface area (Å²) in [6, 6.07) is 0. The molecule has 1 aromatic rings. The molecule has 0 spiro atoms. The highest BCUT2D eigenvalue weighted by Crippen LogP contribution is 1.92. The molecule has 0 aromatic carbocycles. The maximum Gasteiger partial charge on any atom is 0.288 e. The van der Waals surface area contributed by atoms with Crippen molar-refractivity contribution in [1.29, 1.82) is 0 Å². The fraction of sp³-hybridized carbons (Fsp3) is 0.571. The third-order valence-electron chi connectivity index (χ3n) is 1.53. The van der Waals surface area contributed by atoms with E-state index in [0.717, 1.165) is 12.8 Å². The number of rotatable bonds is 4. The molecule has 0 saturated heterocycles. The number of unbranched alkanes of at least 4 members (excludes halogenated alkanes) is 1. The largest absolute Gasteiger partial charge is 0.366 e. The van der Waals surface area contributed by atoms with Crippen molar-refractivity contribution in [2.45, 2.75) is 19.8 Å². The van der Waals surface area contributed by atoms with Crippen LogP contribution in [-0.4, -0.2) is 27.6 Å². The third kappa shape index (κ3) is 2.73. The van der Waals surface area contributed by atoms with Crippen molar-refractivity contribution in [3.05, 3.63) is 5.82 Å². The molecule has 1 rings (SSSR count). The number of aromatic nitrogens is 3. The molecule has 13 heavy (non-hydrogen) atoms. The first-order valence-corrected chi connectivity index (χ1v) is 4.20. The first-order valence-electron chi connectivity index (χ1n) is 4.20. The molecule has 4 N–H and O–H groups in total. The van der Waals surface area contributed by atoms with Gasteiger partial charge in [0.1, 0.15) is 0 Å². The summed E-state index contributed by atoms with van der Waals surface area (Å²) in [6.07, 6.45) is 1.99. The molecule has 0 saturated carbocycles. The van der Waals surface area contributed by atoms with Crippen LogP contribution in [0.1, 0.15) is 30.4 Å². The number of nitrogen functional groups attached to an aromatic ring is 1. The van der Waals surface area contributed by atoms with Gasteiger partial charge in [-0.15, -0.1) is 5.10 Å². The maximum atomic E-state index is 11.2. The van der Waals surface area contributed by atoms with E-state index >= 15 is 0 Å². The molecule has 0 aliphatic rings. The number of hydrogen-bond donors (Lipinski definition) is 3. The van der Waals surface area contributed by atoms with E-state index in [4.69, 9.17) is 5.73 Å². The van der Waals surface area contributed by atoms with E-state index in [1.807, 2.05) is 0 Å². The number of carbonyl (C=O) groups is 1. The van der Waals surface area contributed by atoms with Crippen LogP contribution in [-0.2, 0) is 0 Å². The van der Waals surface area contributed by atoms with Gasteiger partial charge in [0.15, 0.2) is 0 Å².